The topological polar surface area (TPSA) is 43.4 Å². The van der Waals surface area contributed by atoms with Gasteiger partial charge in [0.2, 0.25) is 0 Å². The van der Waals surface area contributed by atoms with Crippen LogP contribution in [0.1, 0.15) is 32.1 Å². The summed E-state index contributed by atoms with van der Waals surface area (Å²) in [7, 11) is 0. The fourth-order valence-corrected chi connectivity index (χ4v) is 3.38. The molecule has 2 aliphatic heterocycles. The van der Waals surface area contributed by atoms with Crippen molar-refractivity contribution in [2.75, 3.05) is 26.3 Å². The summed E-state index contributed by atoms with van der Waals surface area (Å²) in [6.45, 7) is 3.89. The molecule has 1 aromatic heterocycles. The van der Waals surface area contributed by atoms with Gasteiger partial charge in [-0.15, -0.1) is 0 Å². The third-order valence-electron chi connectivity index (χ3n) is 4.54. The van der Waals surface area contributed by atoms with E-state index in [0.29, 0.717) is 0 Å². The van der Waals surface area contributed by atoms with Crippen LogP contribution in [0.15, 0.2) is 24.5 Å². The molecule has 110 valence electrons. The molecule has 0 aromatic carbocycles. The zero-order valence-corrected chi connectivity index (χ0v) is 12.0. The van der Waals surface area contributed by atoms with Crippen molar-refractivity contribution in [1.29, 1.82) is 0 Å². The van der Waals surface area contributed by atoms with Crippen LogP contribution in [-0.4, -0.2) is 36.9 Å². The number of nitrogens with zero attached hydrogens (tertiary/aromatic N) is 1. The Balaban J connectivity index is 1.45. The highest BCUT2D eigenvalue weighted by Gasteiger charge is 2.38. The fourth-order valence-electron chi connectivity index (χ4n) is 3.38. The summed E-state index contributed by atoms with van der Waals surface area (Å²) >= 11 is 0. The molecule has 1 spiro atoms. The van der Waals surface area contributed by atoms with E-state index in [2.05, 4.69) is 10.3 Å². The zero-order chi connectivity index (χ0) is 13.7. The number of pyridine rings is 1. The van der Waals surface area contributed by atoms with Gasteiger partial charge in [-0.1, -0.05) is 0 Å². The molecule has 1 aromatic rings. The molecule has 1 atom stereocenters. The van der Waals surface area contributed by atoms with E-state index in [1.807, 2.05) is 12.1 Å². The first-order valence-corrected chi connectivity index (χ1v) is 7.74. The minimum absolute atomic E-state index is 0.155. The molecule has 2 aliphatic rings. The van der Waals surface area contributed by atoms with E-state index in [4.69, 9.17) is 9.47 Å². The Morgan fingerprint density at radius 2 is 2.30 bits per heavy atom. The van der Waals surface area contributed by atoms with Gasteiger partial charge in [-0.2, -0.15) is 0 Å². The summed E-state index contributed by atoms with van der Waals surface area (Å²) in [6.07, 6.45) is 9.36. The largest absolute Gasteiger partial charge is 0.492 e. The van der Waals surface area contributed by atoms with E-state index >= 15 is 0 Å². The second-order valence-electron chi connectivity index (χ2n) is 5.97. The minimum Gasteiger partial charge on any atom is -0.492 e. The van der Waals surface area contributed by atoms with Gasteiger partial charge in [-0.05, 0) is 63.2 Å². The number of aromatic nitrogens is 1. The smallest absolute Gasteiger partial charge is 0.137 e. The Bertz CT molecular complexity index is 399. The van der Waals surface area contributed by atoms with Crippen LogP contribution < -0.4 is 10.1 Å². The predicted molar refractivity (Wildman–Crippen MR) is 77.9 cm³/mol. The molecule has 1 N–H and O–H groups in total. The van der Waals surface area contributed by atoms with Crippen LogP contribution in [0, 0.1) is 5.92 Å². The van der Waals surface area contributed by atoms with E-state index in [9.17, 15) is 0 Å². The number of nitrogens with one attached hydrogen (secondary N) is 1. The molecule has 1 unspecified atom stereocenters. The number of hydrogen-bond donors (Lipinski definition) is 1. The summed E-state index contributed by atoms with van der Waals surface area (Å²) in [6, 6.07) is 3.87. The van der Waals surface area contributed by atoms with Crippen molar-refractivity contribution >= 4 is 0 Å². The molecule has 3 rings (SSSR count). The van der Waals surface area contributed by atoms with Crippen molar-refractivity contribution in [3.63, 3.8) is 0 Å². The highest BCUT2D eigenvalue weighted by atomic mass is 16.5. The van der Waals surface area contributed by atoms with Gasteiger partial charge < -0.3 is 14.8 Å². The maximum absolute atomic E-state index is 6.11. The van der Waals surface area contributed by atoms with Gasteiger partial charge in [0, 0.05) is 12.8 Å². The van der Waals surface area contributed by atoms with Crippen LogP contribution in [0.5, 0.6) is 5.75 Å². The first kappa shape index (κ1) is 13.8. The molecule has 20 heavy (non-hydrogen) atoms. The lowest BCUT2D eigenvalue weighted by atomic mass is 9.79. The minimum atomic E-state index is 0.155. The maximum Gasteiger partial charge on any atom is 0.137 e. The quantitative estimate of drug-likeness (QED) is 0.917. The molecular formula is C16H24N2O2. The first-order valence-electron chi connectivity index (χ1n) is 7.74. The summed E-state index contributed by atoms with van der Waals surface area (Å²) < 4.78 is 11.9. The number of piperidine rings is 1. The average Bonchev–Trinajstić information content (AvgIpc) is 2.49. The summed E-state index contributed by atoms with van der Waals surface area (Å²) in [5.41, 5.74) is 0.155. The molecule has 0 amide bonds. The van der Waals surface area contributed by atoms with Gasteiger partial charge in [-0.3, -0.25) is 4.98 Å². The van der Waals surface area contributed by atoms with Crippen LogP contribution in [0.3, 0.4) is 0 Å². The first-order chi connectivity index (χ1) is 9.86. The van der Waals surface area contributed by atoms with E-state index in [-0.39, 0.29) is 5.60 Å². The third-order valence-corrected chi connectivity index (χ3v) is 4.54. The monoisotopic (exact) mass is 276 g/mol. The van der Waals surface area contributed by atoms with Crippen molar-refractivity contribution in [2.24, 2.45) is 5.92 Å². The van der Waals surface area contributed by atoms with Gasteiger partial charge >= 0.3 is 0 Å². The van der Waals surface area contributed by atoms with E-state index in [0.717, 1.165) is 57.2 Å². The molecule has 0 radical (unpaired) electrons. The molecule has 0 aliphatic carbocycles. The van der Waals surface area contributed by atoms with Crippen molar-refractivity contribution in [3.05, 3.63) is 24.5 Å². The van der Waals surface area contributed by atoms with Crippen molar-refractivity contribution < 1.29 is 9.47 Å². The molecule has 0 saturated carbocycles. The van der Waals surface area contributed by atoms with Crippen LogP contribution in [0.25, 0.3) is 0 Å². The van der Waals surface area contributed by atoms with Crippen molar-refractivity contribution in [1.82, 2.24) is 10.3 Å². The molecule has 4 heteroatoms. The van der Waals surface area contributed by atoms with E-state index in [1.54, 1.807) is 12.4 Å². The molecule has 2 saturated heterocycles. The Morgan fingerprint density at radius 3 is 3.10 bits per heavy atom. The highest BCUT2D eigenvalue weighted by Crippen LogP contribution is 2.37. The molecular weight excluding hydrogens is 252 g/mol. The lowest BCUT2D eigenvalue weighted by Gasteiger charge is -2.43. The van der Waals surface area contributed by atoms with Gasteiger partial charge in [0.05, 0.1) is 18.4 Å². The Kier molecular flexibility index (Phi) is 4.53. The average molecular weight is 276 g/mol. The van der Waals surface area contributed by atoms with Gasteiger partial charge in [-0.25, -0.2) is 0 Å². The predicted octanol–water partition coefficient (Wildman–Crippen LogP) is 2.40. The SMILES string of the molecule is c1cncc(OCCC2CCOC3(CCNCC3)C2)c1. The van der Waals surface area contributed by atoms with Crippen molar-refractivity contribution in [2.45, 2.75) is 37.7 Å². The lowest BCUT2D eigenvalue weighted by molar-refractivity contribution is -0.115. The molecule has 0 bridgehead atoms. The Labute approximate surface area is 120 Å². The van der Waals surface area contributed by atoms with Gasteiger partial charge in [0.25, 0.3) is 0 Å². The highest BCUT2D eigenvalue weighted by molar-refractivity contribution is 5.15. The van der Waals surface area contributed by atoms with Crippen LogP contribution in [0.2, 0.25) is 0 Å². The van der Waals surface area contributed by atoms with E-state index in [1.165, 1.54) is 12.8 Å². The molecule has 2 fully saturated rings. The summed E-state index contributed by atoms with van der Waals surface area (Å²) in [4.78, 5) is 4.07. The second kappa shape index (κ2) is 6.55. The van der Waals surface area contributed by atoms with Crippen LogP contribution in [0.4, 0.5) is 0 Å². The van der Waals surface area contributed by atoms with Gasteiger partial charge in [0.1, 0.15) is 5.75 Å². The normalized spacial score (nSPS) is 25.5. The Hall–Kier alpha value is -1.13. The van der Waals surface area contributed by atoms with Crippen molar-refractivity contribution in [3.8, 4) is 5.75 Å². The lowest BCUT2D eigenvalue weighted by Crippen LogP contribution is -2.48. The molecule has 4 nitrogen and oxygen atoms in total. The Morgan fingerprint density at radius 1 is 1.40 bits per heavy atom. The number of hydrogen-bond acceptors (Lipinski definition) is 4. The third kappa shape index (κ3) is 3.49. The molecule has 3 heterocycles. The zero-order valence-electron chi connectivity index (χ0n) is 12.0. The fraction of sp³-hybridized carbons (Fsp3) is 0.688. The van der Waals surface area contributed by atoms with E-state index < -0.39 is 0 Å². The standard InChI is InChI=1S/C16H24N2O2/c1-2-15(13-18-7-1)19-10-3-14-4-11-20-16(12-14)5-8-17-9-6-16/h1-2,7,13-14,17H,3-6,8-12H2. The maximum atomic E-state index is 6.11. The van der Waals surface area contributed by atoms with Gasteiger partial charge in [0.15, 0.2) is 0 Å². The second-order valence-corrected chi connectivity index (χ2v) is 5.97. The van der Waals surface area contributed by atoms with Crippen LogP contribution >= 0.6 is 0 Å². The number of rotatable bonds is 4. The summed E-state index contributed by atoms with van der Waals surface area (Å²) in [5.74, 6) is 1.61. The van der Waals surface area contributed by atoms with Crippen LogP contribution in [-0.2, 0) is 4.74 Å². The summed E-state index contributed by atoms with van der Waals surface area (Å²) in [5, 5.41) is 3.42. The number of ether oxygens (including phenoxy) is 2.